The fourth-order valence-corrected chi connectivity index (χ4v) is 3.33. The molecule has 0 saturated carbocycles. The predicted octanol–water partition coefficient (Wildman–Crippen LogP) is 1.55. The number of hydrogen-bond acceptors (Lipinski definition) is 1. The van der Waals surface area contributed by atoms with Gasteiger partial charge in [-0.25, -0.2) is 0 Å². The third kappa shape index (κ3) is 3.76. The average Bonchev–Trinajstić information content (AvgIpc) is 1.91. The summed E-state index contributed by atoms with van der Waals surface area (Å²) in [5.74, 6) is 0. The summed E-state index contributed by atoms with van der Waals surface area (Å²) in [6, 6.07) is 2.53. The molecule has 10 heavy (non-hydrogen) atoms. The topological polar surface area (TPSA) is 9.23 Å². The Balaban J connectivity index is -0.000000270. The summed E-state index contributed by atoms with van der Waals surface area (Å²) in [7, 11) is -0.744. The molecule has 1 aliphatic rings. The Labute approximate surface area is 83.7 Å². The molecule has 0 amide bonds. The molecule has 1 atom stereocenters. The second-order valence-electron chi connectivity index (χ2n) is 2.51. The van der Waals surface area contributed by atoms with Crippen LogP contribution in [-0.2, 0) is 4.43 Å². The van der Waals surface area contributed by atoms with E-state index in [1.807, 2.05) is 6.08 Å². The Bertz CT molecular complexity index is 99.4. The van der Waals surface area contributed by atoms with Crippen molar-refractivity contribution in [2.45, 2.75) is 24.9 Å². The fraction of sp³-hybridized carbons (Fsp3) is 0.714. The van der Waals surface area contributed by atoms with E-state index in [2.05, 4.69) is 6.58 Å². The van der Waals surface area contributed by atoms with Gasteiger partial charge in [-0.3, -0.25) is 0 Å². The minimum absolute atomic E-state index is 0. The van der Waals surface area contributed by atoms with Crippen LogP contribution in [-0.4, -0.2) is 38.7 Å². The first-order valence-corrected chi connectivity index (χ1v) is 5.76. The van der Waals surface area contributed by atoms with Crippen molar-refractivity contribution < 1.29 is 7.28 Å². The molecule has 0 aromatic rings. The monoisotopic (exact) mass is 168 g/mol. The van der Waals surface area contributed by atoms with Crippen molar-refractivity contribution in [1.82, 2.24) is 0 Å². The molecule has 0 aliphatic carbocycles. The van der Waals surface area contributed by atoms with Crippen LogP contribution in [0.4, 0.5) is 0 Å². The van der Waals surface area contributed by atoms with Crippen LogP contribution in [0.2, 0.25) is 12.1 Å². The average molecular weight is 169 g/mol. The maximum Gasteiger partial charge on any atom is 2.00 e. The molecule has 3 heteroatoms. The molecule has 0 aromatic heterocycles. The molecule has 0 bridgehead atoms. The van der Waals surface area contributed by atoms with Crippen LogP contribution in [0.5, 0.6) is 0 Å². The number of allylic oxidation sites excluding steroid dienone is 1. The molecule has 0 N–H and O–H groups in total. The van der Waals surface area contributed by atoms with Crippen molar-refractivity contribution in [2.75, 3.05) is 6.61 Å². The minimum atomic E-state index is -0.744. The van der Waals surface area contributed by atoms with Gasteiger partial charge in [0.25, 0.3) is 0 Å². The molecule has 1 saturated heterocycles. The second-order valence-corrected chi connectivity index (χ2v) is 5.14. The maximum absolute atomic E-state index is 5.59. The van der Waals surface area contributed by atoms with Gasteiger partial charge in [-0.2, -0.15) is 0 Å². The van der Waals surface area contributed by atoms with E-state index in [0.29, 0.717) is 0 Å². The van der Waals surface area contributed by atoms with Crippen LogP contribution >= 0.6 is 0 Å². The van der Waals surface area contributed by atoms with Gasteiger partial charge in [0, 0.05) is 6.61 Å². The van der Waals surface area contributed by atoms with Gasteiger partial charge in [0.1, 0.15) is 0 Å². The fourth-order valence-electron chi connectivity index (χ4n) is 1.18. The summed E-state index contributed by atoms with van der Waals surface area (Å²) >= 11 is 0. The Morgan fingerprint density at radius 3 is 2.90 bits per heavy atom. The predicted molar refractivity (Wildman–Crippen MR) is 50.1 cm³/mol. The van der Waals surface area contributed by atoms with E-state index in [-0.39, 0.29) is 25.9 Å². The van der Waals surface area contributed by atoms with Gasteiger partial charge in [-0.15, -0.1) is 6.58 Å². The van der Waals surface area contributed by atoms with E-state index >= 15 is 0 Å². The van der Waals surface area contributed by atoms with Gasteiger partial charge in [-0.1, -0.05) is 12.5 Å². The van der Waals surface area contributed by atoms with Gasteiger partial charge >= 0.3 is 23.1 Å². The minimum Gasteiger partial charge on any atom is -1.00 e. The summed E-state index contributed by atoms with van der Waals surface area (Å²) < 4.78 is 5.59. The van der Waals surface area contributed by atoms with Crippen LogP contribution in [0.1, 0.15) is 15.7 Å². The van der Waals surface area contributed by atoms with Crippen molar-refractivity contribution >= 4 is 32.1 Å². The molecule has 1 nitrogen and oxygen atoms in total. The largest absolute Gasteiger partial charge is 2.00 e. The van der Waals surface area contributed by atoms with Crippen molar-refractivity contribution in [1.29, 1.82) is 0 Å². The van der Waals surface area contributed by atoms with Crippen molar-refractivity contribution in [3.63, 3.8) is 0 Å². The molecule has 1 unspecified atom stereocenters. The maximum atomic E-state index is 5.59. The summed E-state index contributed by atoms with van der Waals surface area (Å²) in [6.45, 7) is 4.73. The van der Waals surface area contributed by atoms with Crippen LogP contribution in [0.25, 0.3) is 0 Å². The molecule has 1 heterocycles. The van der Waals surface area contributed by atoms with E-state index in [9.17, 15) is 0 Å². The van der Waals surface area contributed by atoms with E-state index in [1.165, 1.54) is 24.9 Å². The summed E-state index contributed by atoms with van der Waals surface area (Å²) in [6.07, 6.45) is 4.67. The molecule has 0 aromatic carbocycles. The molecular weight excluding hydrogens is 152 g/mol. The molecule has 1 rings (SSSR count). The third-order valence-electron chi connectivity index (χ3n) is 1.70. The van der Waals surface area contributed by atoms with Gasteiger partial charge in [0.15, 0.2) is 9.04 Å². The third-order valence-corrected chi connectivity index (χ3v) is 4.32. The summed E-state index contributed by atoms with van der Waals surface area (Å²) in [5, 5.41) is 0. The first-order valence-electron chi connectivity index (χ1n) is 3.66. The van der Waals surface area contributed by atoms with Crippen LogP contribution in [0, 0.1) is 0 Å². The van der Waals surface area contributed by atoms with E-state index in [4.69, 9.17) is 4.43 Å². The van der Waals surface area contributed by atoms with Gasteiger partial charge < -0.3 is 7.28 Å². The zero-order valence-corrected chi connectivity index (χ0v) is 9.08. The molecule has 0 spiro atoms. The van der Waals surface area contributed by atoms with Crippen molar-refractivity contribution in [2.24, 2.45) is 0 Å². The number of hydrogen-bond donors (Lipinski definition) is 0. The molecular formula is C7H16MgOSi. The molecule has 1 fully saturated rings. The van der Waals surface area contributed by atoms with Crippen LogP contribution < -0.4 is 0 Å². The molecule has 0 radical (unpaired) electrons. The Morgan fingerprint density at radius 1 is 1.60 bits per heavy atom. The first-order chi connectivity index (χ1) is 4.43. The smallest absolute Gasteiger partial charge is 1.00 e. The van der Waals surface area contributed by atoms with Crippen molar-refractivity contribution in [3.8, 4) is 0 Å². The quantitative estimate of drug-likeness (QED) is 0.449. The van der Waals surface area contributed by atoms with E-state index < -0.39 is 9.04 Å². The Hall–Kier alpha value is 0.683. The normalized spacial score (nSPS) is 25.0. The van der Waals surface area contributed by atoms with E-state index in [0.717, 1.165) is 6.61 Å². The Morgan fingerprint density at radius 2 is 2.40 bits per heavy atom. The standard InChI is InChI=1S/C7H14OSi.Mg.2H/c1-2-6-9-7-4-3-5-8-9;;;/h2,9H,1,3-7H2;;;/q;+2;2*-1. The summed E-state index contributed by atoms with van der Waals surface area (Å²) in [5.41, 5.74) is 0. The van der Waals surface area contributed by atoms with Crippen LogP contribution in [0.3, 0.4) is 0 Å². The van der Waals surface area contributed by atoms with E-state index in [1.54, 1.807) is 0 Å². The van der Waals surface area contributed by atoms with Crippen molar-refractivity contribution in [3.05, 3.63) is 12.7 Å². The second kappa shape index (κ2) is 6.40. The summed E-state index contributed by atoms with van der Waals surface area (Å²) in [4.78, 5) is 0. The zero-order chi connectivity index (χ0) is 6.53. The molecule has 56 valence electrons. The first kappa shape index (κ1) is 10.7. The van der Waals surface area contributed by atoms with Crippen LogP contribution in [0.15, 0.2) is 12.7 Å². The van der Waals surface area contributed by atoms with Gasteiger partial charge in [0.05, 0.1) is 0 Å². The van der Waals surface area contributed by atoms with Gasteiger partial charge in [0.2, 0.25) is 0 Å². The zero-order valence-electron chi connectivity index (χ0n) is 8.51. The SMILES string of the molecule is C=CC[SiH]1CCCCO1.[H-].[H-].[Mg+2]. The number of rotatable bonds is 2. The van der Waals surface area contributed by atoms with Gasteiger partial charge in [-0.05, 0) is 18.5 Å². The molecule has 1 aliphatic heterocycles. The Kier molecular flexibility index (Phi) is 6.83.